The number of methoxy groups -OCH3 is 1. The summed E-state index contributed by atoms with van der Waals surface area (Å²) in [6.07, 6.45) is 14.5. The summed E-state index contributed by atoms with van der Waals surface area (Å²) in [4.78, 5) is 23.2. The maximum Gasteiger partial charge on any atom is 0.407 e. The topological polar surface area (TPSA) is 76.7 Å². The molecule has 168 valence electrons. The van der Waals surface area contributed by atoms with E-state index in [9.17, 15) is 9.59 Å². The van der Waals surface area contributed by atoms with Crippen LogP contribution < -0.4 is 10.6 Å². The molecule has 0 heterocycles. The molecule has 0 bridgehead atoms. The Morgan fingerprint density at radius 1 is 0.759 bits per heavy atom. The summed E-state index contributed by atoms with van der Waals surface area (Å²) in [5.41, 5.74) is 0. The van der Waals surface area contributed by atoms with Crippen molar-refractivity contribution >= 4 is 12.0 Å². The fourth-order valence-corrected chi connectivity index (χ4v) is 4.92. The van der Waals surface area contributed by atoms with Crippen LogP contribution in [0.1, 0.15) is 90.4 Å². The molecule has 2 fully saturated rings. The molecule has 2 aliphatic carbocycles. The molecular weight excluding hydrogens is 368 g/mol. The van der Waals surface area contributed by atoms with E-state index < -0.39 is 0 Å². The molecule has 29 heavy (non-hydrogen) atoms. The number of ether oxygens (including phenoxy) is 2. The van der Waals surface area contributed by atoms with Gasteiger partial charge in [-0.25, -0.2) is 4.79 Å². The molecule has 0 radical (unpaired) electrons. The minimum absolute atomic E-state index is 0.0971. The molecule has 0 aromatic carbocycles. The van der Waals surface area contributed by atoms with Crippen molar-refractivity contribution in [2.75, 3.05) is 20.3 Å². The smallest absolute Gasteiger partial charge is 0.407 e. The number of amides is 2. The summed E-state index contributed by atoms with van der Waals surface area (Å²) in [5.74, 6) is 1.70. The van der Waals surface area contributed by atoms with Crippen LogP contribution in [0.3, 0.4) is 0 Å². The Morgan fingerprint density at radius 3 is 1.79 bits per heavy atom. The van der Waals surface area contributed by atoms with Gasteiger partial charge in [0, 0.05) is 32.7 Å². The van der Waals surface area contributed by atoms with Gasteiger partial charge in [-0.1, -0.05) is 6.42 Å². The SMILES string of the molecule is COCCCCCCOC(=O)NC1CCC(CC2CCC(NC(C)=O)CC2)CC1. The van der Waals surface area contributed by atoms with Crippen LogP contribution in [0.15, 0.2) is 0 Å². The summed E-state index contributed by atoms with van der Waals surface area (Å²) < 4.78 is 10.4. The van der Waals surface area contributed by atoms with E-state index in [2.05, 4.69) is 10.6 Å². The average molecular weight is 411 g/mol. The molecule has 2 saturated carbocycles. The molecule has 2 N–H and O–H groups in total. The molecule has 6 heteroatoms. The fourth-order valence-electron chi connectivity index (χ4n) is 4.92. The van der Waals surface area contributed by atoms with Gasteiger partial charge in [-0.15, -0.1) is 0 Å². The molecule has 2 aliphatic rings. The van der Waals surface area contributed by atoms with E-state index in [0.29, 0.717) is 12.6 Å². The third kappa shape index (κ3) is 10.3. The normalized spacial score (nSPS) is 27.2. The van der Waals surface area contributed by atoms with Crippen LogP contribution in [0.25, 0.3) is 0 Å². The van der Waals surface area contributed by atoms with Crippen molar-refractivity contribution in [3.05, 3.63) is 0 Å². The molecule has 6 nitrogen and oxygen atoms in total. The summed E-state index contributed by atoms with van der Waals surface area (Å²) in [7, 11) is 1.72. The predicted molar refractivity (Wildman–Crippen MR) is 115 cm³/mol. The first-order chi connectivity index (χ1) is 14.1. The fraction of sp³-hybridized carbons (Fsp3) is 0.913. The van der Waals surface area contributed by atoms with Gasteiger partial charge in [-0.3, -0.25) is 4.79 Å². The molecule has 0 saturated heterocycles. The molecule has 0 atom stereocenters. The Balaban J connectivity index is 1.49. The van der Waals surface area contributed by atoms with Gasteiger partial charge in [0.15, 0.2) is 0 Å². The van der Waals surface area contributed by atoms with Crippen LogP contribution >= 0.6 is 0 Å². The average Bonchev–Trinajstić information content (AvgIpc) is 2.70. The Labute approximate surface area is 176 Å². The molecule has 2 rings (SSSR count). The second kappa shape index (κ2) is 13.8. The Bertz CT molecular complexity index is 469. The quantitative estimate of drug-likeness (QED) is 0.490. The van der Waals surface area contributed by atoms with Crippen LogP contribution in [-0.2, 0) is 14.3 Å². The Morgan fingerprint density at radius 2 is 1.28 bits per heavy atom. The number of carbonyl (C=O) groups excluding carboxylic acids is 2. The zero-order chi connectivity index (χ0) is 20.9. The zero-order valence-electron chi connectivity index (χ0n) is 18.5. The highest BCUT2D eigenvalue weighted by Gasteiger charge is 2.27. The molecule has 0 spiro atoms. The highest BCUT2D eigenvalue weighted by atomic mass is 16.5. The summed E-state index contributed by atoms with van der Waals surface area (Å²) >= 11 is 0. The number of alkyl carbamates (subject to hydrolysis) is 1. The van der Waals surface area contributed by atoms with E-state index in [1.165, 1.54) is 32.1 Å². The predicted octanol–water partition coefficient (Wildman–Crippen LogP) is 4.56. The Hall–Kier alpha value is -1.30. The first-order valence-corrected chi connectivity index (χ1v) is 11.8. The van der Waals surface area contributed by atoms with E-state index in [0.717, 1.165) is 69.8 Å². The number of nitrogens with one attached hydrogen (secondary N) is 2. The van der Waals surface area contributed by atoms with Crippen molar-refractivity contribution in [1.29, 1.82) is 0 Å². The van der Waals surface area contributed by atoms with E-state index in [-0.39, 0.29) is 18.0 Å². The number of hydrogen-bond donors (Lipinski definition) is 2. The van der Waals surface area contributed by atoms with E-state index in [1.807, 2.05) is 0 Å². The van der Waals surface area contributed by atoms with Crippen molar-refractivity contribution in [3.8, 4) is 0 Å². The van der Waals surface area contributed by atoms with Gasteiger partial charge in [0.2, 0.25) is 5.91 Å². The number of hydrogen-bond acceptors (Lipinski definition) is 4. The van der Waals surface area contributed by atoms with Crippen molar-refractivity contribution in [2.45, 2.75) is 102 Å². The highest BCUT2D eigenvalue weighted by molar-refractivity contribution is 5.73. The van der Waals surface area contributed by atoms with Crippen LogP contribution in [0, 0.1) is 11.8 Å². The van der Waals surface area contributed by atoms with Gasteiger partial charge < -0.3 is 20.1 Å². The summed E-state index contributed by atoms with van der Waals surface area (Å²) in [6, 6.07) is 0.663. The van der Waals surface area contributed by atoms with E-state index in [4.69, 9.17) is 9.47 Å². The van der Waals surface area contributed by atoms with Crippen molar-refractivity contribution in [2.24, 2.45) is 11.8 Å². The maximum atomic E-state index is 12.0. The first kappa shape index (κ1) is 24.0. The second-order valence-corrected chi connectivity index (χ2v) is 9.06. The zero-order valence-corrected chi connectivity index (χ0v) is 18.5. The third-order valence-corrected chi connectivity index (χ3v) is 6.57. The minimum Gasteiger partial charge on any atom is -0.450 e. The van der Waals surface area contributed by atoms with Gasteiger partial charge in [-0.05, 0) is 88.9 Å². The first-order valence-electron chi connectivity index (χ1n) is 11.8. The van der Waals surface area contributed by atoms with Gasteiger partial charge in [-0.2, -0.15) is 0 Å². The molecule has 2 amide bonds. The van der Waals surface area contributed by atoms with Crippen LogP contribution in [0.5, 0.6) is 0 Å². The lowest BCUT2D eigenvalue weighted by molar-refractivity contribution is -0.119. The largest absolute Gasteiger partial charge is 0.450 e. The molecule has 0 unspecified atom stereocenters. The van der Waals surface area contributed by atoms with Gasteiger partial charge in [0.25, 0.3) is 0 Å². The maximum absolute atomic E-state index is 12.0. The lowest BCUT2D eigenvalue weighted by Crippen LogP contribution is -2.39. The molecular formula is C23H42N2O4. The van der Waals surface area contributed by atoms with Crippen molar-refractivity contribution in [3.63, 3.8) is 0 Å². The summed E-state index contributed by atoms with van der Waals surface area (Å²) in [6.45, 7) is 2.93. The van der Waals surface area contributed by atoms with Gasteiger partial charge in [0.1, 0.15) is 0 Å². The molecule has 0 aromatic heterocycles. The number of carbonyl (C=O) groups is 2. The minimum atomic E-state index is -0.248. The van der Waals surface area contributed by atoms with E-state index >= 15 is 0 Å². The van der Waals surface area contributed by atoms with Gasteiger partial charge >= 0.3 is 6.09 Å². The lowest BCUT2D eigenvalue weighted by Gasteiger charge is -2.34. The second-order valence-electron chi connectivity index (χ2n) is 9.06. The number of rotatable bonds is 11. The molecule has 0 aliphatic heterocycles. The summed E-state index contributed by atoms with van der Waals surface area (Å²) in [5, 5.41) is 6.12. The monoisotopic (exact) mass is 410 g/mol. The standard InChI is InChI=1S/C23H42N2O4/c1-18(26)24-21-11-7-19(8-12-21)17-20-9-13-22(14-10-20)25-23(27)29-16-6-4-3-5-15-28-2/h19-22H,3-17H2,1-2H3,(H,24,26)(H,25,27). The lowest BCUT2D eigenvalue weighted by atomic mass is 9.75. The van der Waals surface area contributed by atoms with Crippen molar-refractivity contribution in [1.82, 2.24) is 10.6 Å². The number of unbranched alkanes of at least 4 members (excludes halogenated alkanes) is 3. The van der Waals surface area contributed by atoms with Crippen LogP contribution in [0.4, 0.5) is 4.79 Å². The van der Waals surface area contributed by atoms with E-state index in [1.54, 1.807) is 14.0 Å². The van der Waals surface area contributed by atoms with Gasteiger partial charge in [0.05, 0.1) is 6.61 Å². The molecule has 0 aromatic rings. The highest BCUT2D eigenvalue weighted by Crippen LogP contribution is 2.35. The van der Waals surface area contributed by atoms with Crippen LogP contribution in [-0.4, -0.2) is 44.4 Å². The van der Waals surface area contributed by atoms with Crippen LogP contribution in [0.2, 0.25) is 0 Å². The van der Waals surface area contributed by atoms with Crippen molar-refractivity contribution < 1.29 is 19.1 Å². The Kier molecular flexibility index (Phi) is 11.4. The third-order valence-electron chi connectivity index (χ3n) is 6.57.